The maximum Gasteiger partial charge on any atom is 0.435 e. The monoisotopic (exact) mass is 435 g/mol. The maximum atomic E-state index is 13.5. The van der Waals surface area contributed by atoms with Crippen molar-refractivity contribution in [3.63, 3.8) is 0 Å². The molecule has 1 N–H and O–H groups in total. The summed E-state index contributed by atoms with van der Waals surface area (Å²) >= 11 is 0.628. The van der Waals surface area contributed by atoms with Crippen LogP contribution in [0.25, 0.3) is 10.8 Å². The third kappa shape index (κ3) is 5.38. The van der Waals surface area contributed by atoms with Crippen molar-refractivity contribution in [2.75, 3.05) is 6.54 Å². The predicted molar refractivity (Wildman–Crippen MR) is 107 cm³/mol. The average molecular weight is 435 g/mol. The van der Waals surface area contributed by atoms with Gasteiger partial charge in [0.05, 0.1) is 0 Å². The van der Waals surface area contributed by atoms with Crippen LogP contribution >= 0.6 is 11.3 Å². The zero-order chi connectivity index (χ0) is 21.7. The zero-order valence-electron chi connectivity index (χ0n) is 16.3. The van der Waals surface area contributed by atoms with Gasteiger partial charge in [0.2, 0.25) is 0 Å². The summed E-state index contributed by atoms with van der Waals surface area (Å²) in [6.45, 7) is 4.28. The fraction of sp³-hybridized carbons (Fsp3) is 0.350. The third-order valence-electron chi connectivity index (χ3n) is 4.28. The van der Waals surface area contributed by atoms with Crippen molar-refractivity contribution >= 4 is 17.2 Å². The van der Waals surface area contributed by atoms with Crippen molar-refractivity contribution < 1.29 is 18.0 Å². The summed E-state index contributed by atoms with van der Waals surface area (Å²) in [6, 6.07) is 5.23. The second kappa shape index (κ2) is 9.29. The molecule has 0 aliphatic heterocycles. The van der Waals surface area contributed by atoms with Gasteiger partial charge in [-0.05, 0) is 30.0 Å². The van der Waals surface area contributed by atoms with Crippen molar-refractivity contribution in [1.29, 1.82) is 0 Å². The number of hydrogen-bond donors (Lipinski definition) is 1. The van der Waals surface area contributed by atoms with E-state index in [9.17, 15) is 18.0 Å². The Balaban J connectivity index is 1.84. The number of aromatic nitrogens is 4. The summed E-state index contributed by atoms with van der Waals surface area (Å²) in [5, 5.41) is 2.59. The van der Waals surface area contributed by atoms with Crippen molar-refractivity contribution in [1.82, 2.24) is 25.3 Å². The Kier molecular flexibility index (Phi) is 6.76. The molecule has 3 rings (SSSR count). The van der Waals surface area contributed by atoms with Crippen LogP contribution in [0.5, 0.6) is 0 Å². The van der Waals surface area contributed by atoms with Gasteiger partial charge >= 0.3 is 6.18 Å². The standard InChI is InChI=1S/C20H20F3N5OS/c1-12(2)9-14(13-5-3-6-24-10-13)11-27-18(29)15-16(20(21,22)23)28-19(30-15)17-25-7-4-8-26-17/h3-8,10,12,14H,9,11H2,1-2H3,(H,27,29). The van der Waals surface area contributed by atoms with Crippen LogP contribution in [0.15, 0.2) is 43.0 Å². The van der Waals surface area contributed by atoms with E-state index in [1.54, 1.807) is 24.5 Å². The van der Waals surface area contributed by atoms with E-state index in [2.05, 4.69) is 25.3 Å². The van der Waals surface area contributed by atoms with Crippen LogP contribution in [-0.4, -0.2) is 32.4 Å². The Bertz CT molecular complexity index is 977. The van der Waals surface area contributed by atoms with Gasteiger partial charge in [-0.1, -0.05) is 19.9 Å². The first-order valence-corrected chi connectivity index (χ1v) is 10.1. The summed E-state index contributed by atoms with van der Waals surface area (Å²) in [7, 11) is 0. The Labute approximate surface area is 175 Å². The van der Waals surface area contributed by atoms with Gasteiger partial charge in [-0.25, -0.2) is 15.0 Å². The van der Waals surface area contributed by atoms with E-state index >= 15 is 0 Å². The van der Waals surface area contributed by atoms with Crippen LogP contribution in [-0.2, 0) is 6.18 Å². The number of halogens is 3. The first-order chi connectivity index (χ1) is 14.3. The molecule has 0 bridgehead atoms. The summed E-state index contributed by atoms with van der Waals surface area (Å²) in [5.74, 6) is -0.510. The molecule has 0 aromatic carbocycles. The van der Waals surface area contributed by atoms with Gasteiger partial charge in [0.1, 0.15) is 4.88 Å². The lowest BCUT2D eigenvalue weighted by atomic mass is 9.91. The molecule has 3 aromatic rings. The second-order valence-corrected chi connectivity index (χ2v) is 8.09. The molecule has 0 aliphatic carbocycles. The molecule has 0 saturated carbocycles. The fourth-order valence-corrected chi connectivity index (χ4v) is 3.94. The van der Waals surface area contributed by atoms with Gasteiger partial charge in [0.15, 0.2) is 16.5 Å². The molecule has 1 unspecified atom stereocenters. The molecule has 10 heteroatoms. The molecule has 3 aromatic heterocycles. The quantitative estimate of drug-likeness (QED) is 0.588. The van der Waals surface area contributed by atoms with E-state index in [4.69, 9.17) is 0 Å². The highest BCUT2D eigenvalue weighted by molar-refractivity contribution is 7.17. The number of rotatable bonds is 7. The van der Waals surface area contributed by atoms with E-state index in [-0.39, 0.29) is 23.3 Å². The van der Waals surface area contributed by atoms with Gasteiger partial charge < -0.3 is 5.32 Å². The molecule has 1 amide bonds. The molecular weight excluding hydrogens is 415 g/mol. The number of amides is 1. The Morgan fingerprint density at radius 1 is 1.17 bits per heavy atom. The lowest BCUT2D eigenvalue weighted by Crippen LogP contribution is -2.30. The number of alkyl halides is 3. The third-order valence-corrected chi connectivity index (χ3v) is 5.33. The van der Waals surface area contributed by atoms with Crippen LogP contribution in [0.2, 0.25) is 0 Å². The summed E-state index contributed by atoms with van der Waals surface area (Å²) in [5.41, 5.74) is -0.306. The summed E-state index contributed by atoms with van der Waals surface area (Å²) in [6.07, 6.45) is 2.15. The van der Waals surface area contributed by atoms with Crippen LogP contribution in [0.1, 0.15) is 47.1 Å². The largest absolute Gasteiger partial charge is 0.435 e. The molecule has 0 saturated heterocycles. The van der Waals surface area contributed by atoms with Crippen LogP contribution in [0.4, 0.5) is 13.2 Å². The number of pyridine rings is 1. The molecule has 3 heterocycles. The molecular formula is C20H20F3N5OS. The molecule has 0 spiro atoms. The van der Waals surface area contributed by atoms with E-state index in [0.29, 0.717) is 17.3 Å². The zero-order valence-corrected chi connectivity index (χ0v) is 17.2. The number of carbonyl (C=O) groups is 1. The molecule has 6 nitrogen and oxygen atoms in total. The first-order valence-electron chi connectivity index (χ1n) is 9.29. The molecule has 30 heavy (non-hydrogen) atoms. The molecule has 1 atom stereocenters. The highest BCUT2D eigenvalue weighted by Crippen LogP contribution is 2.37. The molecule has 0 radical (unpaired) electrons. The van der Waals surface area contributed by atoms with Gasteiger partial charge in [0.25, 0.3) is 5.91 Å². The predicted octanol–water partition coefficient (Wildman–Crippen LogP) is 4.57. The number of carbonyl (C=O) groups excluding carboxylic acids is 1. The lowest BCUT2D eigenvalue weighted by Gasteiger charge is -2.19. The summed E-state index contributed by atoms with van der Waals surface area (Å²) < 4.78 is 40.5. The van der Waals surface area contributed by atoms with Crippen LogP contribution in [0.3, 0.4) is 0 Å². The summed E-state index contributed by atoms with van der Waals surface area (Å²) in [4.78, 5) is 27.7. The molecule has 0 aliphatic rings. The van der Waals surface area contributed by atoms with Crippen molar-refractivity contribution in [3.8, 4) is 10.8 Å². The minimum absolute atomic E-state index is 0.0418. The highest BCUT2D eigenvalue weighted by atomic mass is 32.1. The molecule has 158 valence electrons. The lowest BCUT2D eigenvalue weighted by molar-refractivity contribution is -0.141. The second-order valence-electron chi connectivity index (χ2n) is 7.09. The average Bonchev–Trinajstić information content (AvgIpc) is 3.18. The smallest absolute Gasteiger partial charge is 0.351 e. The maximum absolute atomic E-state index is 13.5. The number of hydrogen-bond acceptors (Lipinski definition) is 6. The van der Waals surface area contributed by atoms with Gasteiger partial charge in [-0.15, -0.1) is 11.3 Å². The van der Waals surface area contributed by atoms with Gasteiger partial charge in [-0.2, -0.15) is 13.2 Å². The highest BCUT2D eigenvalue weighted by Gasteiger charge is 2.40. The Morgan fingerprint density at radius 2 is 1.90 bits per heavy atom. The number of nitrogens with one attached hydrogen (secondary N) is 1. The van der Waals surface area contributed by atoms with Crippen molar-refractivity contribution in [3.05, 3.63) is 59.1 Å². The SMILES string of the molecule is CC(C)CC(CNC(=O)c1sc(-c2ncccn2)nc1C(F)(F)F)c1cccnc1. The van der Waals surface area contributed by atoms with Crippen LogP contribution < -0.4 is 5.32 Å². The Morgan fingerprint density at radius 3 is 2.50 bits per heavy atom. The molecule has 0 fully saturated rings. The minimum Gasteiger partial charge on any atom is -0.351 e. The van der Waals surface area contributed by atoms with E-state index < -0.39 is 22.7 Å². The van der Waals surface area contributed by atoms with Crippen molar-refractivity contribution in [2.24, 2.45) is 5.92 Å². The van der Waals surface area contributed by atoms with Gasteiger partial charge in [0, 0.05) is 37.3 Å². The van der Waals surface area contributed by atoms with Crippen molar-refractivity contribution in [2.45, 2.75) is 32.4 Å². The van der Waals surface area contributed by atoms with E-state index in [1.165, 1.54) is 12.4 Å². The number of thiazole rings is 1. The normalized spacial score (nSPS) is 12.7. The van der Waals surface area contributed by atoms with E-state index in [0.717, 1.165) is 12.0 Å². The number of nitrogens with zero attached hydrogens (tertiary/aromatic N) is 4. The van der Waals surface area contributed by atoms with E-state index in [1.807, 2.05) is 19.9 Å². The van der Waals surface area contributed by atoms with Gasteiger partial charge in [-0.3, -0.25) is 9.78 Å². The fourth-order valence-electron chi connectivity index (χ4n) is 2.99. The topological polar surface area (TPSA) is 80.7 Å². The first kappa shape index (κ1) is 21.8. The van der Waals surface area contributed by atoms with Crippen LogP contribution in [0, 0.1) is 5.92 Å². The Hall–Kier alpha value is -2.88. The minimum atomic E-state index is -4.77.